The Kier molecular flexibility index (Phi) is 4.78. The molecule has 22 heavy (non-hydrogen) atoms. The van der Waals surface area contributed by atoms with Gasteiger partial charge in [-0.15, -0.1) is 11.3 Å². The van der Waals surface area contributed by atoms with Crippen LogP contribution in [0, 0.1) is 0 Å². The van der Waals surface area contributed by atoms with Crippen LogP contribution in [-0.2, 0) is 4.79 Å². The van der Waals surface area contributed by atoms with Crippen LogP contribution in [0.15, 0.2) is 17.5 Å². The van der Waals surface area contributed by atoms with Gasteiger partial charge in [0.2, 0.25) is 5.91 Å². The zero-order valence-corrected chi connectivity index (χ0v) is 13.6. The molecule has 0 spiro atoms. The molecule has 2 atom stereocenters. The Morgan fingerprint density at radius 1 is 1.18 bits per heavy atom. The van der Waals surface area contributed by atoms with Crippen molar-refractivity contribution in [3.8, 4) is 0 Å². The second-order valence-electron chi connectivity index (χ2n) is 6.17. The van der Waals surface area contributed by atoms with Crippen molar-refractivity contribution in [3.05, 3.63) is 22.4 Å². The van der Waals surface area contributed by atoms with Crippen molar-refractivity contribution < 1.29 is 9.59 Å². The van der Waals surface area contributed by atoms with Gasteiger partial charge in [-0.25, -0.2) is 0 Å². The Bertz CT molecular complexity index is 532. The van der Waals surface area contributed by atoms with E-state index in [0.717, 1.165) is 43.5 Å². The molecule has 2 amide bonds. The summed E-state index contributed by atoms with van der Waals surface area (Å²) in [5.74, 6) is 0.0779. The third kappa shape index (κ3) is 3.17. The molecule has 120 valence electrons. The largest absolute Gasteiger partial charge is 0.339 e. The van der Waals surface area contributed by atoms with Crippen LogP contribution in [0.4, 0.5) is 0 Å². The van der Waals surface area contributed by atoms with Crippen LogP contribution in [0.3, 0.4) is 0 Å². The van der Waals surface area contributed by atoms with Crippen molar-refractivity contribution >= 4 is 23.2 Å². The van der Waals surface area contributed by atoms with E-state index in [9.17, 15) is 9.59 Å². The van der Waals surface area contributed by atoms with Gasteiger partial charge < -0.3 is 15.5 Å². The van der Waals surface area contributed by atoms with Crippen molar-refractivity contribution in [1.29, 1.82) is 0 Å². The van der Waals surface area contributed by atoms with Gasteiger partial charge in [0.05, 0.1) is 4.88 Å². The summed E-state index contributed by atoms with van der Waals surface area (Å²) in [5.41, 5.74) is 5.99. The Morgan fingerprint density at radius 3 is 2.77 bits per heavy atom. The van der Waals surface area contributed by atoms with Crippen molar-refractivity contribution in [1.82, 2.24) is 9.80 Å². The van der Waals surface area contributed by atoms with E-state index in [1.165, 1.54) is 11.3 Å². The number of rotatable bonds is 2. The lowest BCUT2D eigenvalue weighted by Gasteiger charge is -2.39. The lowest BCUT2D eigenvalue weighted by molar-refractivity contribution is -0.138. The number of nitrogens with two attached hydrogens (primary N) is 1. The standard InChI is InChI=1S/C16H23N3O2S/c17-12-5-3-8-18(11-12)15(20)13-6-1-2-9-19(13)16(21)14-7-4-10-22-14/h4,7,10,12-13H,1-3,5-6,8-9,11,17H2. The quantitative estimate of drug-likeness (QED) is 0.901. The van der Waals surface area contributed by atoms with E-state index in [0.29, 0.717) is 13.1 Å². The molecule has 2 aliphatic rings. The highest BCUT2D eigenvalue weighted by molar-refractivity contribution is 7.12. The second-order valence-corrected chi connectivity index (χ2v) is 7.12. The van der Waals surface area contributed by atoms with E-state index >= 15 is 0 Å². The van der Waals surface area contributed by atoms with E-state index in [-0.39, 0.29) is 23.9 Å². The van der Waals surface area contributed by atoms with Crippen molar-refractivity contribution in [3.63, 3.8) is 0 Å². The molecule has 2 saturated heterocycles. The fourth-order valence-corrected chi connectivity index (χ4v) is 4.07. The summed E-state index contributed by atoms with van der Waals surface area (Å²) in [4.78, 5) is 29.9. The molecule has 3 rings (SSSR count). The molecule has 0 aromatic carbocycles. The Balaban J connectivity index is 1.74. The summed E-state index contributed by atoms with van der Waals surface area (Å²) in [5, 5.41) is 1.90. The van der Waals surface area contributed by atoms with E-state index < -0.39 is 0 Å². The van der Waals surface area contributed by atoms with Gasteiger partial charge in [0.1, 0.15) is 6.04 Å². The molecule has 2 unspecified atom stereocenters. The van der Waals surface area contributed by atoms with Crippen LogP contribution in [0.1, 0.15) is 41.8 Å². The number of likely N-dealkylation sites (tertiary alicyclic amines) is 2. The summed E-state index contributed by atoms with van der Waals surface area (Å²) < 4.78 is 0. The second kappa shape index (κ2) is 6.79. The molecular weight excluding hydrogens is 298 g/mol. The van der Waals surface area contributed by atoms with Crippen LogP contribution >= 0.6 is 11.3 Å². The average molecular weight is 321 g/mol. The van der Waals surface area contributed by atoms with Gasteiger partial charge in [-0.05, 0) is 43.6 Å². The molecule has 0 saturated carbocycles. The van der Waals surface area contributed by atoms with Crippen LogP contribution in [0.5, 0.6) is 0 Å². The lowest BCUT2D eigenvalue weighted by Crippen LogP contribution is -2.56. The number of carbonyl (C=O) groups excluding carboxylic acids is 2. The summed E-state index contributed by atoms with van der Waals surface area (Å²) in [6, 6.07) is 3.47. The number of carbonyl (C=O) groups is 2. The molecule has 6 heteroatoms. The minimum absolute atomic E-state index is 0.00522. The average Bonchev–Trinajstić information content (AvgIpc) is 3.08. The maximum Gasteiger partial charge on any atom is 0.264 e. The van der Waals surface area contributed by atoms with Crippen LogP contribution < -0.4 is 5.73 Å². The topological polar surface area (TPSA) is 66.6 Å². The first-order chi connectivity index (χ1) is 10.7. The monoisotopic (exact) mass is 321 g/mol. The smallest absolute Gasteiger partial charge is 0.264 e. The number of amides is 2. The molecule has 0 radical (unpaired) electrons. The summed E-state index contributed by atoms with van der Waals surface area (Å²) in [6.07, 6.45) is 4.68. The van der Waals surface area contributed by atoms with E-state index in [1.807, 2.05) is 22.4 Å². The highest BCUT2D eigenvalue weighted by Gasteiger charge is 2.36. The molecule has 0 aliphatic carbocycles. The van der Waals surface area contributed by atoms with Crippen LogP contribution in [0.25, 0.3) is 0 Å². The SMILES string of the molecule is NC1CCCN(C(=O)C2CCCCN2C(=O)c2cccs2)C1. The zero-order chi connectivity index (χ0) is 15.5. The first kappa shape index (κ1) is 15.5. The fourth-order valence-electron chi connectivity index (χ4n) is 3.39. The fraction of sp³-hybridized carbons (Fsp3) is 0.625. The van der Waals surface area contributed by atoms with E-state index in [2.05, 4.69) is 0 Å². The van der Waals surface area contributed by atoms with Gasteiger partial charge in [0.15, 0.2) is 0 Å². The van der Waals surface area contributed by atoms with Gasteiger partial charge in [-0.3, -0.25) is 9.59 Å². The highest BCUT2D eigenvalue weighted by atomic mass is 32.1. The molecule has 1 aromatic rings. The summed E-state index contributed by atoms with van der Waals surface area (Å²) in [7, 11) is 0. The maximum atomic E-state index is 12.9. The summed E-state index contributed by atoms with van der Waals surface area (Å²) >= 11 is 1.44. The first-order valence-electron chi connectivity index (χ1n) is 8.05. The number of nitrogens with zero attached hydrogens (tertiary/aromatic N) is 2. The number of piperidine rings is 2. The predicted octanol–water partition coefficient (Wildman–Crippen LogP) is 1.69. The minimum Gasteiger partial charge on any atom is -0.339 e. The molecule has 2 N–H and O–H groups in total. The van der Waals surface area contributed by atoms with E-state index in [4.69, 9.17) is 5.73 Å². The lowest BCUT2D eigenvalue weighted by atomic mass is 9.98. The van der Waals surface area contributed by atoms with E-state index in [1.54, 1.807) is 4.90 Å². The Hall–Kier alpha value is -1.40. The predicted molar refractivity (Wildman–Crippen MR) is 86.8 cm³/mol. The van der Waals surface area contributed by atoms with Crippen LogP contribution in [0.2, 0.25) is 0 Å². The van der Waals surface area contributed by atoms with Gasteiger partial charge in [-0.1, -0.05) is 6.07 Å². The van der Waals surface area contributed by atoms with Gasteiger partial charge >= 0.3 is 0 Å². The third-order valence-corrected chi connectivity index (χ3v) is 5.41. The van der Waals surface area contributed by atoms with Crippen molar-refractivity contribution in [2.75, 3.05) is 19.6 Å². The van der Waals surface area contributed by atoms with Crippen LogP contribution in [-0.4, -0.2) is 53.3 Å². The van der Waals surface area contributed by atoms with Gasteiger partial charge in [0, 0.05) is 25.7 Å². The van der Waals surface area contributed by atoms with Crippen molar-refractivity contribution in [2.24, 2.45) is 5.73 Å². The Morgan fingerprint density at radius 2 is 2.05 bits per heavy atom. The van der Waals surface area contributed by atoms with Gasteiger partial charge in [-0.2, -0.15) is 0 Å². The molecule has 3 heterocycles. The maximum absolute atomic E-state index is 12.9. The normalized spacial score (nSPS) is 26.0. The number of thiophene rings is 1. The van der Waals surface area contributed by atoms with Crippen molar-refractivity contribution in [2.45, 2.75) is 44.2 Å². The molecule has 5 nitrogen and oxygen atoms in total. The molecule has 0 bridgehead atoms. The Labute approximate surface area is 135 Å². The molecule has 2 aliphatic heterocycles. The number of hydrogen-bond acceptors (Lipinski definition) is 4. The minimum atomic E-state index is -0.311. The third-order valence-electron chi connectivity index (χ3n) is 4.55. The zero-order valence-electron chi connectivity index (χ0n) is 12.7. The summed E-state index contributed by atoms with van der Waals surface area (Å²) in [6.45, 7) is 2.06. The number of hydrogen-bond donors (Lipinski definition) is 1. The first-order valence-corrected chi connectivity index (χ1v) is 8.93. The molecular formula is C16H23N3O2S. The molecule has 2 fully saturated rings. The van der Waals surface area contributed by atoms with Gasteiger partial charge in [0.25, 0.3) is 5.91 Å². The molecule has 1 aromatic heterocycles. The highest BCUT2D eigenvalue weighted by Crippen LogP contribution is 2.24.